The van der Waals surface area contributed by atoms with E-state index in [0.717, 1.165) is 42.6 Å². The van der Waals surface area contributed by atoms with Crippen LogP contribution in [0.1, 0.15) is 52.0 Å². The van der Waals surface area contributed by atoms with Gasteiger partial charge in [-0.25, -0.2) is 4.79 Å². The maximum atomic E-state index is 12.7. The molecule has 0 N–H and O–H groups in total. The Hall–Kier alpha value is -3.20. The van der Waals surface area contributed by atoms with Gasteiger partial charge in [-0.05, 0) is 63.4 Å². The van der Waals surface area contributed by atoms with Gasteiger partial charge in [-0.3, -0.25) is 0 Å². The standard InChI is InChI=1S/C26H30N2O4/c1-26(2,3)32-25(29)28-19-9-10-20(28)15-22(14-19)31-21-12-17(16-27)11-18(13-21)23-7-5-6-8-24(23)30-4/h5-8,11-13,19-20,22H,9-10,14-15H2,1-4H3. The Labute approximate surface area is 189 Å². The van der Waals surface area contributed by atoms with E-state index >= 15 is 0 Å². The first kappa shape index (κ1) is 22.0. The summed E-state index contributed by atoms with van der Waals surface area (Å²) in [6.07, 6.45) is 3.22. The molecule has 2 aromatic rings. The van der Waals surface area contributed by atoms with E-state index in [0.29, 0.717) is 11.3 Å². The van der Waals surface area contributed by atoms with E-state index in [1.54, 1.807) is 13.2 Å². The molecule has 2 heterocycles. The van der Waals surface area contributed by atoms with Crippen LogP contribution in [0.15, 0.2) is 42.5 Å². The molecule has 6 nitrogen and oxygen atoms in total. The van der Waals surface area contributed by atoms with Crippen LogP contribution in [0.4, 0.5) is 4.79 Å². The quantitative estimate of drug-likeness (QED) is 0.631. The van der Waals surface area contributed by atoms with E-state index < -0.39 is 5.60 Å². The van der Waals surface area contributed by atoms with Crippen molar-refractivity contribution in [3.63, 3.8) is 0 Å². The second-order valence-corrected chi connectivity index (χ2v) is 9.54. The van der Waals surface area contributed by atoms with Crippen molar-refractivity contribution in [2.24, 2.45) is 0 Å². The molecule has 168 valence electrons. The number of rotatable bonds is 4. The number of nitrogens with zero attached hydrogens (tertiary/aromatic N) is 2. The summed E-state index contributed by atoms with van der Waals surface area (Å²) in [5.74, 6) is 1.41. The van der Waals surface area contributed by atoms with Crippen LogP contribution in [0.3, 0.4) is 0 Å². The second kappa shape index (κ2) is 8.74. The number of methoxy groups -OCH3 is 1. The summed E-state index contributed by atoms with van der Waals surface area (Å²) >= 11 is 0. The lowest BCUT2D eigenvalue weighted by Crippen LogP contribution is -2.50. The number of hydrogen-bond acceptors (Lipinski definition) is 5. The van der Waals surface area contributed by atoms with Gasteiger partial charge in [-0.1, -0.05) is 18.2 Å². The third kappa shape index (κ3) is 4.67. The van der Waals surface area contributed by atoms with Crippen LogP contribution >= 0.6 is 0 Å². The minimum Gasteiger partial charge on any atom is -0.496 e. The Balaban J connectivity index is 1.52. The predicted octanol–water partition coefficient (Wildman–Crippen LogP) is 5.54. The summed E-state index contributed by atoms with van der Waals surface area (Å²) in [6, 6.07) is 15.8. The average Bonchev–Trinajstić information content (AvgIpc) is 3.03. The number of amides is 1. The van der Waals surface area contributed by atoms with Crippen LogP contribution in [0.5, 0.6) is 11.5 Å². The number of hydrogen-bond donors (Lipinski definition) is 0. The van der Waals surface area contributed by atoms with Gasteiger partial charge >= 0.3 is 6.09 Å². The Morgan fingerprint density at radius 3 is 2.41 bits per heavy atom. The molecule has 2 aliphatic rings. The van der Waals surface area contributed by atoms with Gasteiger partial charge in [0, 0.05) is 30.5 Å². The number of carbonyl (C=O) groups excluding carboxylic acids is 1. The molecule has 2 saturated heterocycles. The SMILES string of the molecule is COc1ccccc1-c1cc(C#N)cc(OC2CC3CCC(C2)N3C(=O)OC(C)(C)C)c1. The summed E-state index contributed by atoms with van der Waals surface area (Å²) < 4.78 is 17.5. The maximum Gasteiger partial charge on any atom is 0.410 e. The van der Waals surface area contributed by atoms with Crippen molar-refractivity contribution in [2.45, 2.75) is 70.2 Å². The van der Waals surface area contributed by atoms with Crippen molar-refractivity contribution in [3.05, 3.63) is 48.0 Å². The van der Waals surface area contributed by atoms with E-state index in [2.05, 4.69) is 6.07 Å². The Morgan fingerprint density at radius 1 is 1.09 bits per heavy atom. The molecule has 0 spiro atoms. The summed E-state index contributed by atoms with van der Waals surface area (Å²) in [6.45, 7) is 5.68. The van der Waals surface area contributed by atoms with Gasteiger partial charge in [0.15, 0.2) is 0 Å². The number of para-hydroxylation sites is 1. The molecular formula is C26H30N2O4. The molecule has 1 amide bonds. The van der Waals surface area contributed by atoms with E-state index in [1.807, 2.05) is 62.1 Å². The predicted molar refractivity (Wildman–Crippen MR) is 122 cm³/mol. The van der Waals surface area contributed by atoms with Crippen molar-refractivity contribution in [2.75, 3.05) is 7.11 Å². The lowest BCUT2D eigenvalue weighted by molar-refractivity contribution is -0.00706. The molecule has 0 aromatic heterocycles. The number of fused-ring (bicyclic) bond motifs is 2. The Bertz CT molecular complexity index is 1020. The fraction of sp³-hybridized carbons (Fsp3) is 0.462. The van der Waals surface area contributed by atoms with Gasteiger partial charge in [-0.2, -0.15) is 5.26 Å². The van der Waals surface area contributed by atoms with E-state index in [-0.39, 0.29) is 24.3 Å². The number of nitriles is 1. The number of carbonyl (C=O) groups is 1. The van der Waals surface area contributed by atoms with Crippen molar-refractivity contribution in [3.8, 4) is 28.7 Å². The first-order valence-corrected chi connectivity index (χ1v) is 11.1. The van der Waals surface area contributed by atoms with Crippen LogP contribution < -0.4 is 9.47 Å². The van der Waals surface area contributed by atoms with E-state index in [4.69, 9.17) is 14.2 Å². The normalized spacial score (nSPS) is 22.2. The number of benzene rings is 2. The third-order valence-electron chi connectivity index (χ3n) is 6.05. The molecule has 32 heavy (non-hydrogen) atoms. The van der Waals surface area contributed by atoms with E-state index in [9.17, 15) is 10.1 Å². The van der Waals surface area contributed by atoms with Gasteiger partial charge < -0.3 is 19.1 Å². The maximum absolute atomic E-state index is 12.7. The average molecular weight is 435 g/mol. The molecule has 0 aliphatic carbocycles. The van der Waals surface area contributed by atoms with Crippen molar-refractivity contribution >= 4 is 6.09 Å². The van der Waals surface area contributed by atoms with Gasteiger partial charge in [-0.15, -0.1) is 0 Å². The fourth-order valence-electron chi connectivity index (χ4n) is 4.80. The number of ether oxygens (including phenoxy) is 3. The molecule has 2 aromatic carbocycles. The lowest BCUT2D eigenvalue weighted by atomic mass is 9.99. The monoisotopic (exact) mass is 434 g/mol. The molecular weight excluding hydrogens is 404 g/mol. The van der Waals surface area contributed by atoms with Crippen LogP contribution in [0.25, 0.3) is 11.1 Å². The molecule has 6 heteroatoms. The van der Waals surface area contributed by atoms with Gasteiger partial charge in [0.25, 0.3) is 0 Å². The Kier molecular flexibility index (Phi) is 6.01. The van der Waals surface area contributed by atoms with Gasteiger partial charge in [0.05, 0.1) is 18.7 Å². The first-order chi connectivity index (χ1) is 15.3. The smallest absolute Gasteiger partial charge is 0.410 e. The zero-order chi connectivity index (χ0) is 22.9. The second-order valence-electron chi connectivity index (χ2n) is 9.54. The molecule has 4 rings (SSSR count). The molecule has 2 atom stereocenters. The van der Waals surface area contributed by atoms with Crippen LogP contribution in [0, 0.1) is 11.3 Å². The fourth-order valence-corrected chi connectivity index (χ4v) is 4.80. The van der Waals surface area contributed by atoms with Crippen molar-refractivity contribution in [1.82, 2.24) is 4.90 Å². The molecule has 0 radical (unpaired) electrons. The summed E-state index contributed by atoms with van der Waals surface area (Å²) in [7, 11) is 1.64. The highest BCUT2D eigenvalue weighted by Gasteiger charge is 2.45. The summed E-state index contributed by atoms with van der Waals surface area (Å²) in [5.41, 5.74) is 1.83. The number of piperidine rings is 1. The zero-order valence-corrected chi connectivity index (χ0v) is 19.1. The lowest BCUT2D eigenvalue weighted by Gasteiger charge is -2.39. The first-order valence-electron chi connectivity index (χ1n) is 11.1. The van der Waals surface area contributed by atoms with Crippen LogP contribution in [-0.4, -0.2) is 41.9 Å². The molecule has 2 fully saturated rings. The van der Waals surface area contributed by atoms with Crippen molar-refractivity contribution in [1.29, 1.82) is 5.26 Å². The largest absolute Gasteiger partial charge is 0.496 e. The molecule has 2 unspecified atom stereocenters. The molecule has 2 bridgehead atoms. The summed E-state index contributed by atoms with van der Waals surface area (Å²) in [5, 5.41) is 9.55. The zero-order valence-electron chi connectivity index (χ0n) is 19.1. The van der Waals surface area contributed by atoms with Gasteiger partial charge in [0.2, 0.25) is 0 Å². The van der Waals surface area contributed by atoms with Crippen molar-refractivity contribution < 1.29 is 19.0 Å². The van der Waals surface area contributed by atoms with Crippen LogP contribution in [-0.2, 0) is 4.74 Å². The topological polar surface area (TPSA) is 71.8 Å². The highest BCUT2D eigenvalue weighted by Crippen LogP contribution is 2.39. The van der Waals surface area contributed by atoms with Crippen LogP contribution in [0.2, 0.25) is 0 Å². The van der Waals surface area contributed by atoms with Gasteiger partial charge in [0.1, 0.15) is 23.2 Å². The van der Waals surface area contributed by atoms with E-state index in [1.165, 1.54) is 0 Å². The highest BCUT2D eigenvalue weighted by molar-refractivity contribution is 5.73. The minimum atomic E-state index is -0.503. The summed E-state index contributed by atoms with van der Waals surface area (Å²) in [4.78, 5) is 14.6. The molecule has 0 saturated carbocycles. The minimum absolute atomic E-state index is 0.00866. The molecule has 2 aliphatic heterocycles. The third-order valence-corrected chi connectivity index (χ3v) is 6.05. The highest BCUT2D eigenvalue weighted by atomic mass is 16.6. The Morgan fingerprint density at radius 2 is 1.78 bits per heavy atom.